The predicted molar refractivity (Wildman–Crippen MR) is 71.0 cm³/mol. The number of ether oxygens (including phenoxy) is 3. The molecular formula is C14H25NO4. The van der Waals surface area contributed by atoms with E-state index in [9.17, 15) is 4.79 Å². The molecule has 2 aliphatic rings. The Kier molecular flexibility index (Phi) is 6.61. The molecular weight excluding hydrogens is 246 g/mol. The molecule has 1 heterocycles. The van der Waals surface area contributed by atoms with Gasteiger partial charge >= 0.3 is 5.97 Å². The van der Waals surface area contributed by atoms with Crippen molar-refractivity contribution in [1.29, 1.82) is 0 Å². The van der Waals surface area contributed by atoms with Crippen LogP contribution in [0.25, 0.3) is 0 Å². The molecule has 110 valence electrons. The summed E-state index contributed by atoms with van der Waals surface area (Å²) in [7, 11) is 0. The zero-order valence-corrected chi connectivity index (χ0v) is 11.6. The highest BCUT2D eigenvalue weighted by Crippen LogP contribution is 2.20. The van der Waals surface area contributed by atoms with E-state index in [1.54, 1.807) is 0 Å². The molecule has 0 atom stereocenters. The molecule has 0 bridgehead atoms. The number of esters is 1. The Bertz CT molecular complexity index is 260. The lowest BCUT2D eigenvalue weighted by Crippen LogP contribution is -2.38. The first-order valence-corrected chi connectivity index (χ1v) is 7.42. The van der Waals surface area contributed by atoms with Crippen LogP contribution in [-0.2, 0) is 19.0 Å². The minimum absolute atomic E-state index is 0.105. The van der Waals surface area contributed by atoms with Crippen molar-refractivity contribution in [2.75, 3.05) is 46.1 Å². The number of hydrogen-bond acceptors (Lipinski definition) is 5. The highest BCUT2D eigenvalue weighted by Gasteiger charge is 2.16. The zero-order valence-electron chi connectivity index (χ0n) is 11.6. The number of carbonyl (C=O) groups excluding carboxylic acids is 1. The van der Waals surface area contributed by atoms with Crippen molar-refractivity contribution in [2.24, 2.45) is 0 Å². The van der Waals surface area contributed by atoms with Crippen LogP contribution in [-0.4, -0.2) is 63.0 Å². The molecule has 0 aromatic carbocycles. The third-order valence-electron chi connectivity index (χ3n) is 3.76. The SMILES string of the molecule is O=C(COC1CCCCC1)OCCN1CCOCC1. The fraction of sp³-hybridized carbons (Fsp3) is 0.929. The standard InChI is InChI=1S/C14H25NO4/c16-14(12-19-13-4-2-1-3-5-13)18-11-8-15-6-9-17-10-7-15/h13H,1-12H2. The summed E-state index contributed by atoms with van der Waals surface area (Å²) in [5.74, 6) is -0.237. The fourth-order valence-electron chi connectivity index (χ4n) is 2.57. The van der Waals surface area contributed by atoms with E-state index in [0.29, 0.717) is 6.61 Å². The van der Waals surface area contributed by atoms with Crippen LogP contribution in [0, 0.1) is 0 Å². The van der Waals surface area contributed by atoms with Gasteiger partial charge in [-0.2, -0.15) is 0 Å². The van der Waals surface area contributed by atoms with Crippen molar-refractivity contribution in [3.05, 3.63) is 0 Å². The largest absolute Gasteiger partial charge is 0.463 e. The maximum Gasteiger partial charge on any atom is 0.332 e. The molecule has 5 nitrogen and oxygen atoms in total. The third-order valence-corrected chi connectivity index (χ3v) is 3.76. The maximum atomic E-state index is 11.5. The van der Waals surface area contributed by atoms with E-state index < -0.39 is 0 Å². The Morgan fingerprint density at radius 3 is 2.63 bits per heavy atom. The summed E-state index contributed by atoms with van der Waals surface area (Å²) in [6.45, 7) is 4.75. The lowest BCUT2D eigenvalue weighted by Gasteiger charge is -2.26. The Hall–Kier alpha value is -0.650. The molecule has 1 saturated heterocycles. The molecule has 2 fully saturated rings. The van der Waals surface area contributed by atoms with E-state index in [-0.39, 0.29) is 18.7 Å². The average molecular weight is 271 g/mol. The second kappa shape index (κ2) is 8.51. The summed E-state index contributed by atoms with van der Waals surface area (Å²) in [4.78, 5) is 13.8. The summed E-state index contributed by atoms with van der Waals surface area (Å²) >= 11 is 0. The zero-order chi connectivity index (χ0) is 13.3. The minimum Gasteiger partial charge on any atom is -0.463 e. The average Bonchev–Trinajstić information content (AvgIpc) is 2.47. The summed E-state index contributed by atoms with van der Waals surface area (Å²) < 4.78 is 16.0. The van der Waals surface area contributed by atoms with Crippen LogP contribution in [0.4, 0.5) is 0 Å². The van der Waals surface area contributed by atoms with Gasteiger partial charge in [-0.25, -0.2) is 4.79 Å². The van der Waals surface area contributed by atoms with Crippen molar-refractivity contribution in [3.8, 4) is 0 Å². The lowest BCUT2D eigenvalue weighted by molar-refractivity contribution is -0.152. The number of hydrogen-bond donors (Lipinski definition) is 0. The normalized spacial score (nSPS) is 22.3. The van der Waals surface area contributed by atoms with E-state index in [2.05, 4.69) is 4.90 Å². The van der Waals surface area contributed by atoms with E-state index >= 15 is 0 Å². The van der Waals surface area contributed by atoms with Crippen molar-refractivity contribution >= 4 is 5.97 Å². The van der Waals surface area contributed by atoms with Gasteiger partial charge in [0.25, 0.3) is 0 Å². The van der Waals surface area contributed by atoms with E-state index in [1.807, 2.05) is 0 Å². The number of morpholine rings is 1. The Balaban J connectivity index is 1.49. The Labute approximate surface area is 115 Å². The monoisotopic (exact) mass is 271 g/mol. The molecule has 1 aliphatic heterocycles. The molecule has 19 heavy (non-hydrogen) atoms. The van der Waals surface area contributed by atoms with Gasteiger partial charge in [0, 0.05) is 19.6 Å². The molecule has 1 saturated carbocycles. The minimum atomic E-state index is -0.237. The molecule has 0 radical (unpaired) electrons. The van der Waals surface area contributed by atoms with Gasteiger partial charge in [0.15, 0.2) is 0 Å². The van der Waals surface area contributed by atoms with Gasteiger partial charge < -0.3 is 14.2 Å². The van der Waals surface area contributed by atoms with Crippen LogP contribution >= 0.6 is 0 Å². The highest BCUT2D eigenvalue weighted by molar-refractivity contribution is 5.70. The molecule has 0 spiro atoms. The van der Waals surface area contributed by atoms with Crippen molar-refractivity contribution in [2.45, 2.75) is 38.2 Å². The molecule has 5 heteroatoms. The fourth-order valence-corrected chi connectivity index (χ4v) is 2.57. The number of carbonyl (C=O) groups is 1. The molecule has 0 aromatic heterocycles. The first-order chi connectivity index (χ1) is 9.34. The van der Waals surface area contributed by atoms with Crippen LogP contribution in [0.3, 0.4) is 0 Å². The number of nitrogens with zero attached hydrogens (tertiary/aromatic N) is 1. The van der Waals surface area contributed by atoms with Gasteiger partial charge in [0.05, 0.1) is 19.3 Å². The lowest BCUT2D eigenvalue weighted by atomic mass is 9.98. The van der Waals surface area contributed by atoms with Crippen molar-refractivity contribution in [1.82, 2.24) is 4.90 Å². The first-order valence-electron chi connectivity index (χ1n) is 7.42. The topological polar surface area (TPSA) is 48.0 Å². The smallest absolute Gasteiger partial charge is 0.332 e. The second-order valence-electron chi connectivity index (χ2n) is 5.25. The summed E-state index contributed by atoms with van der Waals surface area (Å²) in [6, 6.07) is 0. The highest BCUT2D eigenvalue weighted by atomic mass is 16.6. The first kappa shape index (κ1) is 14.8. The van der Waals surface area contributed by atoms with Crippen LogP contribution in [0.15, 0.2) is 0 Å². The Morgan fingerprint density at radius 2 is 1.89 bits per heavy atom. The van der Waals surface area contributed by atoms with Crippen LogP contribution < -0.4 is 0 Å². The summed E-state index contributed by atoms with van der Waals surface area (Å²) in [5.41, 5.74) is 0. The molecule has 0 aromatic rings. The predicted octanol–water partition coefficient (Wildman–Crippen LogP) is 1.21. The van der Waals surface area contributed by atoms with Gasteiger partial charge in [-0.05, 0) is 12.8 Å². The van der Waals surface area contributed by atoms with Gasteiger partial charge in [0.2, 0.25) is 0 Å². The number of rotatable bonds is 6. The third kappa shape index (κ3) is 5.89. The maximum absolute atomic E-state index is 11.5. The van der Waals surface area contributed by atoms with Gasteiger partial charge in [-0.1, -0.05) is 19.3 Å². The summed E-state index contributed by atoms with van der Waals surface area (Å²) in [5, 5.41) is 0. The second-order valence-corrected chi connectivity index (χ2v) is 5.25. The van der Waals surface area contributed by atoms with Crippen LogP contribution in [0.1, 0.15) is 32.1 Å². The van der Waals surface area contributed by atoms with Crippen LogP contribution in [0.2, 0.25) is 0 Å². The van der Waals surface area contributed by atoms with E-state index in [1.165, 1.54) is 19.3 Å². The Morgan fingerprint density at radius 1 is 1.16 bits per heavy atom. The molecule has 0 N–H and O–H groups in total. The molecule has 0 unspecified atom stereocenters. The van der Waals surface area contributed by atoms with Crippen molar-refractivity contribution < 1.29 is 19.0 Å². The van der Waals surface area contributed by atoms with Gasteiger partial charge in [-0.3, -0.25) is 4.90 Å². The van der Waals surface area contributed by atoms with Crippen LogP contribution in [0.5, 0.6) is 0 Å². The van der Waals surface area contributed by atoms with Crippen molar-refractivity contribution in [3.63, 3.8) is 0 Å². The molecule has 0 amide bonds. The van der Waals surface area contributed by atoms with Gasteiger partial charge in [0.1, 0.15) is 13.2 Å². The molecule has 2 rings (SSSR count). The molecule has 1 aliphatic carbocycles. The van der Waals surface area contributed by atoms with E-state index in [0.717, 1.165) is 45.7 Å². The van der Waals surface area contributed by atoms with Gasteiger partial charge in [-0.15, -0.1) is 0 Å². The quantitative estimate of drug-likeness (QED) is 0.680. The summed E-state index contributed by atoms with van der Waals surface area (Å²) in [6.07, 6.45) is 6.17. The van der Waals surface area contributed by atoms with E-state index in [4.69, 9.17) is 14.2 Å².